The maximum atomic E-state index is 12.9. The van der Waals surface area contributed by atoms with Gasteiger partial charge in [-0.25, -0.2) is 4.39 Å². The third-order valence-electron chi connectivity index (χ3n) is 4.20. The average molecular weight is 361 g/mol. The molecule has 25 heavy (non-hydrogen) atoms. The van der Waals surface area contributed by atoms with E-state index in [4.69, 9.17) is 11.6 Å². The van der Waals surface area contributed by atoms with Crippen LogP contribution < -0.4 is 5.32 Å². The van der Waals surface area contributed by atoms with Gasteiger partial charge in [-0.2, -0.15) is 0 Å². The molecule has 1 saturated heterocycles. The Bertz CT molecular complexity index is 762. The van der Waals surface area contributed by atoms with Crippen molar-refractivity contribution in [3.63, 3.8) is 0 Å². The molecule has 1 N–H and O–H groups in total. The lowest BCUT2D eigenvalue weighted by atomic mass is 10.1. The normalized spacial score (nSPS) is 17.0. The van der Waals surface area contributed by atoms with Gasteiger partial charge in [0.2, 0.25) is 11.8 Å². The van der Waals surface area contributed by atoms with Gasteiger partial charge in [-0.1, -0.05) is 35.9 Å². The molecule has 0 aliphatic carbocycles. The molecule has 0 bridgehead atoms. The molecule has 1 fully saturated rings. The molecule has 1 atom stereocenters. The summed E-state index contributed by atoms with van der Waals surface area (Å²) < 4.78 is 12.9. The second kappa shape index (κ2) is 7.66. The molecule has 0 saturated carbocycles. The van der Waals surface area contributed by atoms with E-state index in [0.717, 1.165) is 11.1 Å². The SMILES string of the molecule is O=C(Cc1ccc(Cl)cc1)N[C@@H]1CCN(Cc2ccc(F)cc2)C1=O. The van der Waals surface area contributed by atoms with Gasteiger partial charge in [0.05, 0.1) is 6.42 Å². The lowest BCUT2D eigenvalue weighted by Gasteiger charge is -2.17. The van der Waals surface area contributed by atoms with Crippen LogP contribution in [0.4, 0.5) is 4.39 Å². The summed E-state index contributed by atoms with van der Waals surface area (Å²) in [6.07, 6.45) is 0.783. The standard InChI is InChI=1S/C19H18ClFN2O2/c20-15-5-1-13(2-6-15)11-18(24)22-17-9-10-23(19(17)25)12-14-3-7-16(21)8-4-14/h1-8,17H,9-12H2,(H,22,24)/t17-/m1/s1. The fraction of sp³-hybridized carbons (Fsp3) is 0.263. The van der Waals surface area contributed by atoms with Crippen molar-refractivity contribution >= 4 is 23.4 Å². The topological polar surface area (TPSA) is 49.4 Å². The van der Waals surface area contributed by atoms with E-state index in [1.807, 2.05) is 0 Å². The van der Waals surface area contributed by atoms with Gasteiger partial charge in [-0.05, 0) is 41.8 Å². The highest BCUT2D eigenvalue weighted by atomic mass is 35.5. The highest BCUT2D eigenvalue weighted by Crippen LogP contribution is 2.16. The number of nitrogens with zero attached hydrogens (tertiary/aromatic N) is 1. The van der Waals surface area contributed by atoms with Crippen LogP contribution in [0.3, 0.4) is 0 Å². The summed E-state index contributed by atoms with van der Waals surface area (Å²) >= 11 is 5.82. The van der Waals surface area contributed by atoms with Gasteiger partial charge in [-0.15, -0.1) is 0 Å². The zero-order chi connectivity index (χ0) is 17.8. The van der Waals surface area contributed by atoms with Gasteiger partial charge in [0.25, 0.3) is 0 Å². The molecule has 0 aromatic heterocycles. The van der Waals surface area contributed by atoms with Crippen molar-refractivity contribution < 1.29 is 14.0 Å². The minimum Gasteiger partial charge on any atom is -0.344 e. The van der Waals surface area contributed by atoms with E-state index in [1.165, 1.54) is 12.1 Å². The van der Waals surface area contributed by atoms with Gasteiger partial charge < -0.3 is 10.2 Å². The number of hydrogen-bond acceptors (Lipinski definition) is 2. The predicted octanol–water partition coefficient (Wildman–Crippen LogP) is 2.94. The molecule has 2 aromatic carbocycles. The predicted molar refractivity (Wildman–Crippen MR) is 93.5 cm³/mol. The lowest BCUT2D eigenvalue weighted by molar-refractivity contribution is -0.132. The zero-order valence-electron chi connectivity index (χ0n) is 13.5. The zero-order valence-corrected chi connectivity index (χ0v) is 14.3. The Balaban J connectivity index is 1.53. The molecule has 1 heterocycles. The van der Waals surface area contributed by atoms with Crippen LogP contribution in [0.1, 0.15) is 17.5 Å². The van der Waals surface area contributed by atoms with Gasteiger partial charge in [0.15, 0.2) is 0 Å². The number of carbonyl (C=O) groups is 2. The molecule has 0 radical (unpaired) electrons. The molecule has 1 aliphatic heterocycles. The first-order valence-electron chi connectivity index (χ1n) is 8.08. The Morgan fingerprint density at radius 3 is 2.44 bits per heavy atom. The second-order valence-corrected chi connectivity index (χ2v) is 6.53. The molecule has 2 amide bonds. The monoisotopic (exact) mass is 360 g/mol. The van der Waals surface area contributed by atoms with E-state index < -0.39 is 6.04 Å². The number of hydrogen-bond donors (Lipinski definition) is 1. The van der Waals surface area contributed by atoms with Crippen molar-refractivity contribution in [2.24, 2.45) is 0 Å². The molecular weight excluding hydrogens is 343 g/mol. The number of carbonyl (C=O) groups excluding carboxylic acids is 2. The molecular formula is C19H18ClFN2O2. The number of halogens is 2. The minimum atomic E-state index is -0.500. The molecule has 2 aromatic rings. The van der Waals surface area contributed by atoms with E-state index in [9.17, 15) is 14.0 Å². The Hall–Kier alpha value is -2.40. The summed E-state index contributed by atoms with van der Waals surface area (Å²) in [7, 11) is 0. The number of likely N-dealkylation sites (tertiary alicyclic amines) is 1. The maximum absolute atomic E-state index is 12.9. The third-order valence-corrected chi connectivity index (χ3v) is 4.45. The third kappa shape index (κ3) is 4.57. The Kier molecular flexibility index (Phi) is 5.34. The van der Waals surface area contributed by atoms with Crippen LogP contribution >= 0.6 is 11.6 Å². The first-order valence-corrected chi connectivity index (χ1v) is 8.46. The van der Waals surface area contributed by atoms with Gasteiger partial charge in [0, 0.05) is 18.1 Å². The van der Waals surface area contributed by atoms with Crippen molar-refractivity contribution in [1.82, 2.24) is 10.2 Å². The number of benzene rings is 2. The van der Waals surface area contributed by atoms with Gasteiger partial charge in [-0.3, -0.25) is 9.59 Å². The smallest absolute Gasteiger partial charge is 0.245 e. The summed E-state index contributed by atoms with van der Waals surface area (Å²) in [6, 6.07) is 12.6. The van der Waals surface area contributed by atoms with Crippen molar-refractivity contribution in [2.45, 2.75) is 25.4 Å². The largest absolute Gasteiger partial charge is 0.344 e. The van der Waals surface area contributed by atoms with Crippen molar-refractivity contribution in [1.29, 1.82) is 0 Å². The molecule has 6 heteroatoms. The molecule has 1 aliphatic rings. The van der Waals surface area contributed by atoms with Crippen molar-refractivity contribution in [2.75, 3.05) is 6.54 Å². The number of nitrogens with one attached hydrogen (secondary N) is 1. The molecule has 0 spiro atoms. The number of rotatable bonds is 5. The molecule has 4 nitrogen and oxygen atoms in total. The first kappa shape index (κ1) is 17.4. The van der Waals surface area contributed by atoms with Crippen LogP contribution in [-0.2, 0) is 22.6 Å². The fourth-order valence-electron chi connectivity index (χ4n) is 2.87. The lowest BCUT2D eigenvalue weighted by Crippen LogP contribution is -2.41. The van der Waals surface area contributed by atoms with E-state index in [1.54, 1.807) is 41.3 Å². The van der Waals surface area contributed by atoms with Crippen LogP contribution in [-0.4, -0.2) is 29.3 Å². The number of amides is 2. The summed E-state index contributed by atoms with van der Waals surface area (Å²) in [5.41, 5.74) is 1.71. The fourth-order valence-corrected chi connectivity index (χ4v) is 3.00. The molecule has 130 valence electrons. The van der Waals surface area contributed by atoms with Gasteiger partial charge in [0.1, 0.15) is 11.9 Å². The van der Waals surface area contributed by atoms with Crippen molar-refractivity contribution in [3.05, 3.63) is 70.5 Å². The van der Waals surface area contributed by atoms with Crippen molar-refractivity contribution in [3.8, 4) is 0 Å². The van der Waals surface area contributed by atoms with Crippen LogP contribution in [0, 0.1) is 5.82 Å². The highest BCUT2D eigenvalue weighted by Gasteiger charge is 2.32. The van der Waals surface area contributed by atoms with E-state index in [2.05, 4.69) is 5.32 Å². The highest BCUT2D eigenvalue weighted by molar-refractivity contribution is 6.30. The average Bonchev–Trinajstić information content (AvgIpc) is 2.92. The quantitative estimate of drug-likeness (QED) is 0.891. The summed E-state index contributed by atoms with van der Waals surface area (Å²) in [5.74, 6) is -0.595. The Morgan fingerprint density at radius 2 is 1.76 bits per heavy atom. The Morgan fingerprint density at radius 1 is 1.12 bits per heavy atom. The van der Waals surface area contributed by atoms with E-state index in [0.29, 0.717) is 24.5 Å². The first-order chi connectivity index (χ1) is 12.0. The van der Waals surface area contributed by atoms with Gasteiger partial charge >= 0.3 is 0 Å². The van der Waals surface area contributed by atoms with Crippen LogP contribution in [0.15, 0.2) is 48.5 Å². The van der Waals surface area contributed by atoms with E-state index >= 15 is 0 Å². The summed E-state index contributed by atoms with van der Waals surface area (Å²) in [6.45, 7) is 0.991. The van der Waals surface area contributed by atoms with Crippen LogP contribution in [0.2, 0.25) is 5.02 Å². The molecule has 0 unspecified atom stereocenters. The van der Waals surface area contributed by atoms with E-state index in [-0.39, 0.29) is 24.1 Å². The maximum Gasteiger partial charge on any atom is 0.245 e. The summed E-state index contributed by atoms with van der Waals surface area (Å²) in [4.78, 5) is 26.3. The molecule has 3 rings (SSSR count). The minimum absolute atomic E-state index is 0.103. The summed E-state index contributed by atoms with van der Waals surface area (Å²) in [5, 5.41) is 3.41. The van der Waals surface area contributed by atoms with Crippen LogP contribution in [0.5, 0.6) is 0 Å². The second-order valence-electron chi connectivity index (χ2n) is 6.10. The van der Waals surface area contributed by atoms with Crippen LogP contribution in [0.25, 0.3) is 0 Å². The Labute approximate surface area is 150 Å².